The number of aromatic nitrogens is 2. The number of likely N-dealkylation sites (tertiary alicyclic amines) is 1. The minimum atomic E-state index is -0.699. The molecule has 2 heterocycles. The van der Waals surface area contributed by atoms with Gasteiger partial charge in [0.15, 0.2) is 5.82 Å². The van der Waals surface area contributed by atoms with Crippen LogP contribution in [0.15, 0.2) is 42.6 Å². The molecule has 2 fully saturated rings. The Labute approximate surface area is 247 Å². The monoisotopic (exact) mass is 581 g/mol. The number of aromatic amines is 1. The van der Waals surface area contributed by atoms with Gasteiger partial charge in [0.25, 0.3) is 0 Å². The summed E-state index contributed by atoms with van der Waals surface area (Å²) in [6.07, 6.45) is 6.62. The highest BCUT2D eigenvalue weighted by molar-refractivity contribution is 8.14. The van der Waals surface area contributed by atoms with Crippen LogP contribution in [0.5, 0.6) is 0 Å². The van der Waals surface area contributed by atoms with E-state index in [4.69, 9.17) is 14.9 Å². The maximum Gasteiger partial charge on any atom is 0.415 e. The highest BCUT2D eigenvalue weighted by Crippen LogP contribution is 2.39. The number of nitrogens with zero attached hydrogens (tertiary/aromatic N) is 3. The molecule has 0 radical (unpaired) electrons. The lowest BCUT2D eigenvalue weighted by molar-refractivity contribution is 0.0220. The number of benzene rings is 1. The second-order valence-corrected chi connectivity index (χ2v) is 14.1. The van der Waals surface area contributed by atoms with Crippen molar-refractivity contribution in [3.05, 3.63) is 59.7 Å². The lowest BCUT2D eigenvalue weighted by Gasteiger charge is -2.33. The van der Waals surface area contributed by atoms with E-state index in [9.17, 15) is 9.59 Å². The van der Waals surface area contributed by atoms with Crippen LogP contribution in [0.25, 0.3) is 5.70 Å². The second kappa shape index (κ2) is 12.7. The van der Waals surface area contributed by atoms with Crippen LogP contribution in [0.2, 0.25) is 0 Å². The first-order chi connectivity index (χ1) is 19.3. The number of piperidine rings is 1. The zero-order valence-corrected chi connectivity index (χ0v) is 25.8. The van der Waals surface area contributed by atoms with E-state index in [1.165, 1.54) is 11.8 Å². The van der Waals surface area contributed by atoms with E-state index in [1.54, 1.807) is 15.9 Å². The molecule has 1 unspecified atom stereocenters. The number of rotatable bonds is 7. The van der Waals surface area contributed by atoms with Crippen LogP contribution in [-0.2, 0) is 16.0 Å². The Morgan fingerprint density at radius 2 is 1.78 bits per heavy atom. The van der Waals surface area contributed by atoms with Gasteiger partial charge in [0, 0.05) is 36.1 Å². The smallest absolute Gasteiger partial charge is 0.415 e. The molecule has 222 valence electrons. The topological polar surface area (TPSA) is 112 Å². The average molecular weight is 582 g/mol. The summed E-state index contributed by atoms with van der Waals surface area (Å²) in [5.74, 6) is 0.981. The van der Waals surface area contributed by atoms with Crippen LogP contribution < -0.4 is 0 Å². The van der Waals surface area contributed by atoms with Crippen molar-refractivity contribution >= 4 is 34.7 Å². The number of carbonyl (C=O) groups excluding carboxylic acids is 2. The Balaban J connectivity index is 1.61. The summed E-state index contributed by atoms with van der Waals surface area (Å²) in [4.78, 5) is 37.6. The summed E-state index contributed by atoms with van der Waals surface area (Å²) >= 11 is 1.39. The fourth-order valence-corrected chi connectivity index (χ4v) is 5.61. The first kappa shape index (κ1) is 30.7. The van der Waals surface area contributed by atoms with Gasteiger partial charge < -0.3 is 19.4 Å². The number of H-pyrrole nitrogens is 1. The van der Waals surface area contributed by atoms with Crippen molar-refractivity contribution in [2.45, 2.75) is 96.1 Å². The molecule has 1 saturated heterocycles. The van der Waals surface area contributed by atoms with Gasteiger partial charge in [-0.05, 0) is 78.9 Å². The van der Waals surface area contributed by atoms with Gasteiger partial charge in [-0.15, -0.1) is 11.8 Å². The van der Waals surface area contributed by atoms with Crippen molar-refractivity contribution < 1.29 is 19.1 Å². The Morgan fingerprint density at radius 1 is 1.10 bits per heavy atom. The van der Waals surface area contributed by atoms with Gasteiger partial charge in [0.05, 0.1) is 17.3 Å². The number of carbonyl (C=O) groups is 2. The average Bonchev–Trinajstić information content (AvgIpc) is 3.61. The molecule has 1 atom stereocenters. The van der Waals surface area contributed by atoms with Gasteiger partial charge in [-0.2, -0.15) is 0 Å². The molecule has 1 aliphatic heterocycles. The molecule has 1 saturated carbocycles. The first-order valence-corrected chi connectivity index (χ1v) is 15.2. The van der Waals surface area contributed by atoms with Crippen LogP contribution in [0.3, 0.4) is 0 Å². The normalized spacial score (nSPS) is 18.1. The molecule has 2 amide bonds. The van der Waals surface area contributed by atoms with E-state index in [1.807, 2.05) is 78.1 Å². The molecule has 1 aliphatic carbocycles. The molecule has 1 aromatic heterocycles. The summed E-state index contributed by atoms with van der Waals surface area (Å²) < 4.78 is 11.4. The number of amides is 2. The van der Waals surface area contributed by atoms with Crippen LogP contribution in [0.4, 0.5) is 9.59 Å². The maximum absolute atomic E-state index is 13.6. The summed E-state index contributed by atoms with van der Waals surface area (Å²) in [5, 5.41) is 9.26. The quantitative estimate of drug-likeness (QED) is 0.265. The van der Waals surface area contributed by atoms with E-state index in [0.29, 0.717) is 30.5 Å². The van der Waals surface area contributed by atoms with Crippen molar-refractivity contribution in [3.63, 3.8) is 0 Å². The van der Waals surface area contributed by atoms with E-state index < -0.39 is 17.3 Å². The molecule has 1 aromatic carbocycles. The maximum atomic E-state index is 13.6. The number of nitrogens with one attached hydrogen (secondary N) is 2. The predicted octanol–water partition coefficient (Wildman–Crippen LogP) is 7.18. The SMILES string of the molecule is CC(C)(C)OC(=O)N1CCCC(SC(=N)/C=C(\c2ncc(C3CC3)[nH]2)N(Cc2ccccc2)C(=O)OC(C)(C)C)C1. The minimum absolute atomic E-state index is 0.0315. The molecule has 9 nitrogen and oxygen atoms in total. The molecule has 0 bridgehead atoms. The first-order valence-electron chi connectivity index (χ1n) is 14.3. The third-order valence-electron chi connectivity index (χ3n) is 6.53. The summed E-state index contributed by atoms with van der Waals surface area (Å²) in [5.41, 5.74) is 1.18. The van der Waals surface area contributed by atoms with Gasteiger partial charge in [0.2, 0.25) is 0 Å². The lowest BCUT2D eigenvalue weighted by Crippen LogP contribution is -2.44. The number of ether oxygens (including phenoxy) is 2. The number of thioether (sulfide) groups is 1. The zero-order chi connectivity index (χ0) is 29.8. The standard InChI is InChI=1S/C31H43N5O4S/c1-30(2,3)39-28(37)35-16-10-13-23(20-35)41-26(32)17-25(27-33-18-24(34-27)22-14-15-22)36(29(38)40-31(4,5)6)19-21-11-8-7-9-12-21/h7-9,11-12,17-18,22-23,32H,10,13-16,19-20H2,1-6H3,(H,33,34)/b25-17+,32-26?. The lowest BCUT2D eigenvalue weighted by atomic mass is 10.1. The van der Waals surface area contributed by atoms with Crippen molar-refractivity contribution in [1.29, 1.82) is 5.41 Å². The largest absolute Gasteiger partial charge is 0.444 e. The van der Waals surface area contributed by atoms with Gasteiger partial charge in [-0.1, -0.05) is 30.3 Å². The van der Waals surface area contributed by atoms with E-state index >= 15 is 0 Å². The molecule has 2 N–H and O–H groups in total. The predicted molar refractivity (Wildman–Crippen MR) is 163 cm³/mol. The van der Waals surface area contributed by atoms with Gasteiger partial charge >= 0.3 is 12.2 Å². The van der Waals surface area contributed by atoms with Gasteiger partial charge in [-0.25, -0.2) is 14.6 Å². The van der Waals surface area contributed by atoms with Crippen molar-refractivity contribution in [3.8, 4) is 0 Å². The second-order valence-electron chi connectivity index (χ2n) is 12.7. The summed E-state index contributed by atoms with van der Waals surface area (Å²) in [7, 11) is 0. The van der Waals surface area contributed by atoms with Crippen molar-refractivity contribution in [1.82, 2.24) is 19.8 Å². The van der Waals surface area contributed by atoms with Crippen LogP contribution >= 0.6 is 11.8 Å². The molecule has 41 heavy (non-hydrogen) atoms. The Kier molecular flexibility index (Phi) is 9.51. The van der Waals surface area contributed by atoms with E-state index in [-0.39, 0.29) is 22.9 Å². The van der Waals surface area contributed by atoms with Crippen LogP contribution in [0.1, 0.15) is 90.2 Å². The number of hydrogen-bond acceptors (Lipinski definition) is 7. The molecular weight excluding hydrogens is 538 g/mol. The minimum Gasteiger partial charge on any atom is -0.444 e. The highest BCUT2D eigenvalue weighted by atomic mass is 32.2. The molecule has 0 spiro atoms. The molecule has 2 aromatic rings. The third-order valence-corrected chi connectivity index (χ3v) is 7.62. The highest BCUT2D eigenvalue weighted by Gasteiger charge is 2.32. The number of imidazole rings is 1. The van der Waals surface area contributed by atoms with Crippen molar-refractivity contribution in [2.75, 3.05) is 13.1 Å². The summed E-state index contributed by atoms with van der Waals surface area (Å²) in [6, 6.07) is 9.72. The van der Waals surface area contributed by atoms with E-state index in [0.717, 1.165) is 36.9 Å². The van der Waals surface area contributed by atoms with Crippen LogP contribution in [-0.4, -0.2) is 66.5 Å². The zero-order valence-electron chi connectivity index (χ0n) is 25.0. The molecular formula is C31H43N5O4S. The summed E-state index contributed by atoms with van der Waals surface area (Å²) in [6.45, 7) is 12.5. The Bertz CT molecular complexity index is 1260. The Hall–Kier alpha value is -3.27. The Morgan fingerprint density at radius 3 is 2.41 bits per heavy atom. The van der Waals surface area contributed by atoms with Gasteiger partial charge in [0.1, 0.15) is 11.2 Å². The molecule has 10 heteroatoms. The third kappa shape index (κ3) is 9.38. The van der Waals surface area contributed by atoms with Gasteiger partial charge in [-0.3, -0.25) is 10.3 Å². The van der Waals surface area contributed by atoms with Crippen molar-refractivity contribution in [2.24, 2.45) is 0 Å². The van der Waals surface area contributed by atoms with E-state index in [2.05, 4.69) is 9.97 Å². The fourth-order valence-electron chi connectivity index (χ4n) is 4.54. The molecule has 2 aliphatic rings. The van der Waals surface area contributed by atoms with Crippen LogP contribution in [0, 0.1) is 5.41 Å². The number of hydrogen-bond donors (Lipinski definition) is 2. The molecule has 4 rings (SSSR count). The fraction of sp³-hybridized carbons (Fsp3) is 0.548.